The fourth-order valence-corrected chi connectivity index (χ4v) is 2.73. The van der Waals surface area contributed by atoms with Crippen LogP contribution in [0.15, 0.2) is 30.3 Å². The van der Waals surface area contributed by atoms with Gasteiger partial charge in [0.2, 0.25) is 0 Å². The standard InChI is InChI=1S/C16H23NO2/c1-5-19-15(18)13-14(16(2,3)4)17(13)11-12-9-7-6-8-10-12/h6-10,13-14H,5,11H2,1-4H3/t13-,14+,17?/m1/s1. The van der Waals surface area contributed by atoms with Gasteiger partial charge in [-0.15, -0.1) is 0 Å². The molecule has 1 fully saturated rings. The van der Waals surface area contributed by atoms with Crippen LogP contribution in [0.3, 0.4) is 0 Å². The summed E-state index contributed by atoms with van der Waals surface area (Å²) < 4.78 is 5.18. The summed E-state index contributed by atoms with van der Waals surface area (Å²) in [5, 5.41) is 0. The zero-order valence-electron chi connectivity index (χ0n) is 12.2. The number of rotatable bonds is 4. The highest BCUT2D eigenvalue weighted by Crippen LogP contribution is 2.43. The van der Waals surface area contributed by atoms with Gasteiger partial charge in [-0.2, -0.15) is 0 Å². The molecule has 19 heavy (non-hydrogen) atoms. The van der Waals surface area contributed by atoms with Crippen molar-refractivity contribution < 1.29 is 9.53 Å². The molecule has 104 valence electrons. The van der Waals surface area contributed by atoms with Crippen molar-refractivity contribution in [2.75, 3.05) is 6.61 Å². The van der Waals surface area contributed by atoms with Crippen LogP contribution in [-0.4, -0.2) is 29.6 Å². The number of nitrogens with zero attached hydrogens (tertiary/aromatic N) is 1. The Kier molecular flexibility index (Phi) is 3.95. The molecule has 1 unspecified atom stereocenters. The number of ether oxygens (including phenoxy) is 1. The molecule has 2 rings (SSSR count). The third-order valence-corrected chi connectivity index (χ3v) is 3.55. The molecule has 1 aromatic rings. The normalized spacial score (nSPS) is 26.0. The van der Waals surface area contributed by atoms with Gasteiger partial charge in [-0.05, 0) is 17.9 Å². The molecule has 1 saturated heterocycles. The van der Waals surface area contributed by atoms with Crippen LogP contribution in [0, 0.1) is 5.41 Å². The van der Waals surface area contributed by atoms with Crippen LogP contribution < -0.4 is 0 Å². The first-order valence-corrected chi connectivity index (χ1v) is 6.91. The molecular formula is C16H23NO2. The fraction of sp³-hybridized carbons (Fsp3) is 0.562. The number of carbonyl (C=O) groups excluding carboxylic acids is 1. The minimum Gasteiger partial charge on any atom is -0.465 e. The van der Waals surface area contributed by atoms with Crippen LogP contribution in [0.4, 0.5) is 0 Å². The maximum Gasteiger partial charge on any atom is 0.325 e. The second-order valence-electron chi connectivity index (χ2n) is 6.17. The minimum atomic E-state index is -0.0849. The van der Waals surface area contributed by atoms with Crippen molar-refractivity contribution in [1.29, 1.82) is 0 Å². The molecule has 0 aromatic heterocycles. The smallest absolute Gasteiger partial charge is 0.325 e. The lowest BCUT2D eigenvalue weighted by molar-refractivity contribution is -0.143. The molecule has 1 aliphatic heterocycles. The first kappa shape index (κ1) is 14.1. The van der Waals surface area contributed by atoms with Gasteiger partial charge in [0.15, 0.2) is 0 Å². The SMILES string of the molecule is CCOC(=O)[C@H]1[C@@H](C(C)(C)C)N1Cc1ccccc1. The monoisotopic (exact) mass is 261 g/mol. The van der Waals surface area contributed by atoms with Crippen molar-refractivity contribution in [1.82, 2.24) is 4.90 Å². The average Bonchev–Trinajstić information content (AvgIpc) is 3.05. The molecule has 3 atom stereocenters. The second kappa shape index (κ2) is 5.33. The largest absolute Gasteiger partial charge is 0.465 e. The van der Waals surface area contributed by atoms with Crippen molar-refractivity contribution in [3.05, 3.63) is 35.9 Å². The number of hydrogen-bond donors (Lipinski definition) is 0. The van der Waals surface area contributed by atoms with Gasteiger partial charge in [-0.1, -0.05) is 51.1 Å². The quantitative estimate of drug-likeness (QED) is 0.616. The highest BCUT2D eigenvalue weighted by Gasteiger charge is 2.58. The lowest BCUT2D eigenvalue weighted by atomic mass is 9.90. The van der Waals surface area contributed by atoms with E-state index in [1.54, 1.807) is 0 Å². The number of esters is 1. The van der Waals surface area contributed by atoms with Crippen molar-refractivity contribution >= 4 is 5.97 Å². The maximum atomic E-state index is 12.0. The number of carbonyl (C=O) groups is 1. The van der Waals surface area contributed by atoms with Crippen LogP contribution in [0.1, 0.15) is 33.3 Å². The van der Waals surface area contributed by atoms with E-state index >= 15 is 0 Å². The van der Waals surface area contributed by atoms with Gasteiger partial charge in [-0.25, -0.2) is 0 Å². The Labute approximate surface area is 115 Å². The summed E-state index contributed by atoms with van der Waals surface area (Å²) in [7, 11) is 0. The van der Waals surface area contributed by atoms with Crippen LogP contribution in [-0.2, 0) is 16.1 Å². The van der Waals surface area contributed by atoms with Gasteiger partial charge in [0.05, 0.1) is 6.61 Å². The first-order valence-electron chi connectivity index (χ1n) is 6.91. The Bertz CT molecular complexity index is 436. The van der Waals surface area contributed by atoms with E-state index in [1.165, 1.54) is 5.56 Å². The van der Waals surface area contributed by atoms with Crippen LogP contribution in [0.2, 0.25) is 0 Å². The lowest BCUT2D eigenvalue weighted by Gasteiger charge is -2.18. The minimum absolute atomic E-state index is 0.0832. The molecular weight excluding hydrogens is 238 g/mol. The van der Waals surface area contributed by atoms with E-state index in [4.69, 9.17) is 4.74 Å². The van der Waals surface area contributed by atoms with E-state index in [-0.39, 0.29) is 23.5 Å². The summed E-state index contributed by atoms with van der Waals surface area (Å²) in [5.41, 5.74) is 1.33. The molecule has 3 heteroatoms. The summed E-state index contributed by atoms with van der Waals surface area (Å²) >= 11 is 0. The molecule has 0 bridgehead atoms. The van der Waals surface area contributed by atoms with Crippen molar-refractivity contribution in [2.24, 2.45) is 5.41 Å². The maximum absolute atomic E-state index is 12.0. The average molecular weight is 261 g/mol. The summed E-state index contributed by atoms with van der Waals surface area (Å²) in [4.78, 5) is 14.2. The predicted molar refractivity (Wildman–Crippen MR) is 75.6 cm³/mol. The van der Waals surface area contributed by atoms with Crippen LogP contribution in [0.5, 0.6) is 0 Å². The Morgan fingerprint density at radius 2 is 1.89 bits per heavy atom. The predicted octanol–water partition coefficient (Wildman–Crippen LogP) is 2.85. The Hall–Kier alpha value is -1.35. The topological polar surface area (TPSA) is 29.3 Å². The Morgan fingerprint density at radius 3 is 2.42 bits per heavy atom. The second-order valence-corrected chi connectivity index (χ2v) is 6.17. The Morgan fingerprint density at radius 1 is 1.26 bits per heavy atom. The van der Waals surface area contributed by atoms with Crippen LogP contribution in [0.25, 0.3) is 0 Å². The summed E-state index contributed by atoms with van der Waals surface area (Å²) in [6, 6.07) is 10.5. The summed E-state index contributed by atoms with van der Waals surface area (Å²) in [5.74, 6) is -0.0849. The van der Waals surface area contributed by atoms with Gasteiger partial charge in [0.1, 0.15) is 6.04 Å². The molecule has 0 saturated carbocycles. The third-order valence-electron chi connectivity index (χ3n) is 3.55. The van der Waals surface area contributed by atoms with Crippen LogP contribution >= 0.6 is 0 Å². The molecule has 0 radical (unpaired) electrons. The van der Waals surface area contributed by atoms with E-state index in [9.17, 15) is 4.79 Å². The zero-order valence-corrected chi connectivity index (χ0v) is 12.2. The van der Waals surface area contributed by atoms with E-state index in [2.05, 4.69) is 37.8 Å². The van der Waals surface area contributed by atoms with E-state index in [0.717, 1.165) is 6.54 Å². The molecule has 1 aromatic carbocycles. The fourth-order valence-electron chi connectivity index (χ4n) is 2.73. The molecule has 0 amide bonds. The molecule has 0 spiro atoms. The number of hydrogen-bond acceptors (Lipinski definition) is 3. The summed E-state index contributed by atoms with van der Waals surface area (Å²) in [6.07, 6.45) is 0. The zero-order chi connectivity index (χ0) is 14.0. The van der Waals surface area contributed by atoms with Gasteiger partial charge < -0.3 is 4.74 Å². The van der Waals surface area contributed by atoms with Gasteiger partial charge in [0.25, 0.3) is 0 Å². The van der Waals surface area contributed by atoms with Gasteiger partial charge in [0, 0.05) is 12.6 Å². The highest BCUT2D eigenvalue weighted by atomic mass is 16.5. The first-order chi connectivity index (χ1) is 8.95. The van der Waals surface area contributed by atoms with Crippen molar-refractivity contribution in [3.8, 4) is 0 Å². The Balaban J connectivity index is 2.08. The molecule has 0 N–H and O–H groups in total. The lowest BCUT2D eigenvalue weighted by Crippen LogP contribution is -2.22. The highest BCUT2D eigenvalue weighted by molar-refractivity contribution is 5.80. The van der Waals surface area contributed by atoms with Crippen molar-refractivity contribution in [3.63, 3.8) is 0 Å². The third kappa shape index (κ3) is 3.16. The molecule has 0 aliphatic carbocycles. The van der Waals surface area contributed by atoms with E-state index < -0.39 is 0 Å². The van der Waals surface area contributed by atoms with Gasteiger partial charge >= 0.3 is 5.97 Å². The molecule has 3 nitrogen and oxygen atoms in total. The van der Waals surface area contributed by atoms with Crippen molar-refractivity contribution in [2.45, 2.75) is 46.3 Å². The molecule has 1 heterocycles. The van der Waals surface area contributed by atoms with Gasteiger partial charge in [-0.3, -0.25) is 9.69 Å². The number of benzene rings is 1. The van der Waals surface area contributed by atoms with E-state index in [1.807, 2.05) is 25.1 Å². The molecule has 1 aliphatic rings. The van der Waals surface area contributed by atoms with E-state index in [0.29, 0.717) is 6.61 Å². The summed E-state index contributed by atoms with van der Waals surface area (Å²) in [6.45, 7) is 9.64.